The third kappa shape index (κ3) is 3.51. The molecule has 0 heterocycles. The summed E-state index contributed by atoms with van der Waals surface area (Å²) in [4.78, 5) is 0.384. The summed E-state index contributed by atoms with van der Waals surface area (Å²) in [5.74, 6) is 0.783. The number of hydrogen-bond acceptors (Lipinski definition) is 2. The summed E-state index contributed by atoms with van der Waals surface area (Å²) in [5, 5.41) is 0. The van der Waals surface area contributed by atoms with Crippen molar-refractivity contribution in [3.05, 3.63) is 29.8 Å². The quantitative estimate of drug-likeness (QED) is 0.780. The Balaban J connectivity index is 2.79. The molecule has 1 aromatic rings. The number of para-hydroxylation sites is 1. The minimum absolute atomic E-state index is 0.200. The highest BCUT2D eigenvalue weighted by molar-refractivity contribution is 7.80. The van der Waals surface area contributed by atoms with Crippen molar-refractivity contribution in [1.82, 2.24) is 0 Å². The first-order chi connectivity index (χ1) is 7.15. The van der Waals surface area contributed by atoms with Crippen LogP contribution in [0, 0.1) is 0 Å². The first-order valence-electron chi connectivity index (χ1n) is 5.20. The molecule has 0 spiro atoms. The Morgan fingerprint density at radius 1 is 1.47 bits per heavy atom. The molecule has 82 valence electrons. The molecule has 1 unspecified atom stereocenters. The van der Waals surface area contributed by atoms with Crippen molar-refractivity contribution in [2.24, 2.45) is 5.73 Å². The zero-order chi connectivity index (χ0) is 11.3. The molecule has 0 aliphatic carbocycles. The van der Waals surface area contributed by atoms with E-state index in [0.717, 1.165) is 24.2 Å². The maximum Gasteiger partial charge on any atom is 0.129 e. The molecule has 2 N–H and O–H groups in total. The van der Waals surface area contributed by atoms with E-state index in [1.807, 2.05) is 24.3 Å². The van der Waals surface area contributed by atoms with Gasteiger partial charge in [-0.15, -0.1) is 0 Å². The van der Waals surface area contributed by atoms with Gasteiger partial charge in [0.25, 0.3) is 0 Å². The fourth-order valence-electron chi connectivity index (χ4n) is 1.46. The Hall–Kier alpha value is -1.09. The van der Waals surface area contributed by atoms with E-state index in [1.54, 1.807) is 0 Å². The number of benzene rings is 1. The molecule has 1 atom stereocenters. The van der Waals surface area contributed by atoms with Gasteiger partial charge in [-0.2, -0.15) is 0 Å². The summed E-state index contributed by atoms with van der Waals surface area (Å²) in [6.45, 7) is 4.19. The van der Waals surface area contributed by atoms with Crippen LogP contribution in [0.2, 0.25) is 0 Å². The SMILES string of the molecule is CCCC(C)Oc1ccccc1C(N)=S. The Bertz CT molecular complexity index is 338. The van der Waals surface area contributed by atoms with Crippen LogP contribution in [0.3, 0.4) is 0 Å². The van der Waals surface area contributed by atoms with Gasteiger partial charge < -0.3 is 10.5 Å². The number of rotatable bonds is 5. The van der Waals surface area contributed by atoms with Gasteiger partial charge in [0.05, 0.1) is 11.7 Å². The van der Waals surface area contributed by atoms with Gasteiger partial charge in [0.15, 0.2) is 0 Å². The maximum atomic E-state index is 5.78. The standard InChI is InChI=1S/C12H17NOS/c1-3-6-9(2)14-11-8-5-4-7-10(11)12(13)15/h4-5,7-9H,3,6H2,1-2H3,(H2,13,15). The number of hydrogen-bond donors (Lipinski definition) is 1. The van der Waals surface area contributed by atoms with Crippen LogP contribution in [0.5, 0.6) is 5.75 Å². The van der Waals surface area contributed by atoms with Gasteiger partial charge in [-0.25, -0.2) is 0 Å². The molecule has 0 fully saturated rings. The summed E-state index contributed by atoms with van der Waals surface area (Å²) < 4.78 is 5.78. The molecule has 1 rings (SSSR count). The van der Waals surface area contributed by atoms with Crippen LogP contribution in [-0.4, -0.2) is 11.1 Å². The maximum absolute atomic E-state index is 5.78. The molecular weight excluding hydrogens is 206 g/mol. The fourth-order valence-corrected chi connectivity index (χ4v) is 1.62. The second-order valence-corrected chi connectivity index (χ2v) is 4.02. The van der Waals surface area contributed by atoms with Crippen LogP contribution < -0.4 is 10.5 Å². The van der Waals surface area contributed by atoms with Gasteiger partial charge >= 0.3 is 0 Å². The third-order valence-corrected chi connectivity index (χ3v) is 2.40. The Kier molecular flexibility index (Phi) is 4.56. The molecule has 0 amide bonds. The molecule has 0 radical (unpaired) electrons. The smallest absolute Gasteiger partial charge is 0.129 e. The number of thiocarbonyl (C=S) groups is 1. The van der Waals surface area contributed by atoms with Crippen LogP contribution in [0.25, 0.3) is 0 Å². The lowest BCUT2D eigenvalue weighted by atomic mass is 10.2. The van der Waals surface area contributed by atoms with E-state index in [4.69, 9.17) is 22.7 Å². The van der Waals surface area contributed by atoms with Crippen molar-refractivity contribution >= 4 is 17.2 Å². The molecule has 15 heavy (non-hydrogen) atoms. The molecule has 2 nitrogen and oxygen atoms in total. The Morgan fingerprint density at radius 2 is 2.13 bits per heavy atom. The van der Waals surface area contributed by atoms with E-state index in [-0.39, 0.29) is 6.10 Å². The van der Waals surface area contributed by atoms with Crippen molar-refractivity contribution < 1.29 is 4.74 Å². The summed E-state index contributed by atoms with van der Waals surface area (Å²) in [6, 6.07) is 7.62. The summed E-state index contributed by atoms with van der Waals surface area (Å²) in [6.07, 6.45) is 2.34. The highest BCUT2D eigenvalue weighted by Crippen LogP contribution is 2.20. The van der Waals surface area contributed by atoms with E-state index in [1.165, 1.54) is 0 Å². The van der Waals surface area contributed by atoms with E-state index in [9.17, 15) is 0 Å². The highest BCUT2D eigenvalue weighted by atomic mass is 32.1. The molecule has 3 heteroatoms. The number of ether oxygens (including phenoxy) is 1. The van der Waals surface area contributed by atoms with Crippen molar-refractivity contribution in [2.75, 3.05) is 0 Å². The van der Waals surface area contributed by atoms with Gasteiger partial charge in [-0.3, -0.25) is 0 Å². The Labute approximate surface area is 96.4 Å². The van der Waals surface area contributed by atoms with E-state index >= 15 is 0 Å². The van der Waals surface area contributed by atoms with Crippen LogP contribution in [-0.2, 0) is 0 Å². The Morgan fingerprint density at radius 3 is 2.73 bits per heavy atom. The van der Waals surface area contributed by atoms with E-state index in [0.29, 0.717) is 4.99 Å². The normalized spacial score (nSPS) is 12.1. The highest BCUT2D eigenvalue weighted by Gasteiger charge is 2.08. The molecular formula is C12H17NOS. The van der Waals surface area contributed by atoms with Crippen LogP contribution in [0.4, 0.5) is 0 Å². The summed E-state index contributed by atoms with van der Waals surface area (Å²) in [5.41, 5.74) is 6.43. The lowest BCUT2D eigenvalue weighted by Gasteiger charge is -2.16. The summed E-state index contributed by atoms with van der Waals surface area (Å²) >= 11 is 4.96. The van der Waals surface area contributed by atoms with Crippen molar-refractivity contribution in [2.45, 2.75) is 32.8 Å². The summed E-state index contributed by atoms with van der Waals surface area (Å²) in [7, 11) is 0. The zero-order valence-electron chi connectivity index (χ0n) is 9.19. The van der Waals surface area contributed by atoms with E-state index in [2.05, 4.69) is 13.8 Å². The second-order valence-electron chi connectivity index (χ2n) is 3.58. The van der Waals surface area contributed by atoms with E-state index < -0.39 is 0 Å². The van der Waals surface area contributed by atoms with Gasteiger partial charge in [0.1, 0.15) is 10.7 Å². The van der Waals surface area contributed by atoms with Crippen LogP contribution in [0.1, 0.15) is 32.3 Å². The fraction of sp³-hybridized carbons (Fsp3) is 0.417. The van der Waals surface area contributed by atoms with Gasteiger partial charge in [-0.05, 0) is 25.5 Å². The minimum atomic E-state index is 0.200. The molecule has 0 aliphatic heterocycles. The van der Waals surface area contributed by atoms with Gasteiger partial charge in [0, 0.05) is 0 Å². The third-order valence-electron chi connectivity index (χ3n) is 2.18. The van der Waals surface area contributed by atoms with Crippen molar-refractivity contribution in [3.63, 3.8) is 0 Å². The van der Waals surface area contributed by atoms with Crippen LogP contribution in [0.15, 0.2) is 24.3 Å². The molecule has 0 aromatic heterocycles. The predicted molar refractivity (Wildman–Crippen MR) is 67.3 cm³/mol. The van der Waals surface area contributed by atoms with Crippen LogP contribution >= 0.6 is 12.2 Å². The topological polar surface area (TPSA) is 35.2 Å². The second kappa shape index (κ2) is 5.71. The van der Waals surface area contributed by atoms with Crippen molar-refractivity contribution in [1.29, 1.82) is 0 Å². The first kappa shape index (κ1) is 12.0. The average Bonchev–Trinajstić information content (AvgIpc) is 2.18. The van der Waals surface area contributed by atoms with Gasteiger partial charge in [0.2, 0.25) is 0 Å². The monoisotopic (exact) mass is 223 g/mol. The van der Waals surface area contributed by atoms with Gasteiger partial charge in [-0.1, -0.05) is 37.7 Å². The molecule has 1 aromatic carbocycles. The van der Waals surface area contributed by atoms with Crippen molar-refractivity contribution in [3.8, 4) is 5.75 Å². The predicted octanol–water partition coefficient (Wildman–Crippen LogP) is 2.89. The first-order valence-corrected chi connectivity index (χ1v) is 5.61. The minimum Gasteiger partial charge on any atom is -0.490 e. The molecule has 0 bridgehead atoms. The lowest BCUT2D eigenvalue weighted by molar-refractivity contribution is 0.209. The zero-order valence-corrected chi connectivity index (χ0v) is 10.0. The lowest BCUT2D eigenvalue weighted by Crippen LogP contribution is -2.16. The molecule has 0 saturated carbocycles. The molecule has 0 aliphatic rings. The number of nitrogens with two attached hydrogens (primary N) is 1. The average molecular weight is 223 g/mol. The molecule has 0 saturated heterocycles. The largest absolute Gasteiger partial charge is 0.490 e.